The second-order valence-electron chi connectivity index (χ2n) is 3.25. The summed E-state index contributed by atoms with van der Waals surface area (Å²) in [5.41, 5.74) is 3.11. The Labute approximate surface area is 87.1 Å². The number of aromatic amines is 1. The van der Waals surface area contributed by atoms with Crippen molar-refractivity contribution in [3.05, 3.63) is 34.5 Å². The van der Waals surface area contributed by atoms with Gasteiger partial charge in [-0.25, -0.2) is 0 Å². The van der Waals surface area contributed by atoms with E-state index in [1.807, 2.05) is 25.1 Å². The summed E-state index contributed by atoms with van der Waals surface area (Å²) in [6.45, 7) is 1.97. The van der Waals surface area contributed by atoms with Gasteiger partial charge in [0.25, 0.3) is 0 Å². The molecule has 14 heavy (non-hydrogen) atoms. The quantitative estimate of drug-likeness (QED) is 0.762. The van der Waals surface area contributed by atoms with Crippen LogP contribution in [0, 0.1) is 18.3 Å². The Morgan fingerprint density at radius 2 is 2.29 bits per heavy atom. The fourth-order valence-corrected chi connectivity index (χ4v) is 1.84. The molecule has 0 atom stereocenters. The van der Waals surface area contributed by atoms with Gasteiger partial charge < -0.3 is 4.98 Å². The molecule has 2 aromatic rings. The number of rotatable bonds is 1. The molecule has 1 heterocycles. The number of nitrogens with one attached hydrogen (secondary N) is 1. The van der Waals surface area contributed by atoms with Gasteiger partial charge in [-0.05, 0) is 24.6 Å². The van der Waals surface area contributed by atoms with Gasteiger partial charge in [-0.1, -0.05) is 17.7 Å². The van der Waals surface area contributed by atoms with Crippen LogP contribution >= 0.6 is 11.6 Å². The predicted molar refractivity (Wildman–Crippen MR) is 57.4 cm³/mol. The molecule has 3 heteroatoms. The Kier molecular flexibility index (Phi) is 2.18. The number of nitriles is 1. The van der Waals surface area contributed by atoms with Crippen LogP contribution in [0.2, 0.25) is 5.02 Å². The van der Waals surface area contributed by atoms with E-state index in [-0.39, 0.29) is 0 Å². The zero-order chi connectivity index (χ0) is 10.1. The van der Waals surface area contributed by atoms with Crippen molar-refractivity contribution in [2.45, 2.75) is 13.3 Å². The van der Waals surface area contributed by atoms with Crippen LogP contribution < -0.4 is 0 Å². The zero-order valence-corrected chi connectivity index (χ0v) is 8.52. The van der Waals surface area contributed by atoms with Crippen molar-refractivity contribution in [2.24, 2.45) is 0 Å². The molecule has 1 aromatic carbocycles. The molecular weight excluding hydrogens is 196 g/mol. The van der Waals surface area contributed by atoms with Gasteiger partial charge in [0, 0.05) is 21.6 Å². The molecule has 70 valence electrons. The van der Waals surface area contributed by atoms with Gasteiger partial charge >= 0.3 is 0 Å². The predicted octanol–water partition coefficient (Wildman–Crippen LogP) is 3.20. The first kappa shape index (κ1) is 9.11. The minimum atomic E-state index is 0.438. The standard InChI is InChI=1S/C11H9ClN2/c1-7-9(4-5-13)10-3-2-8(12)6-11(10)14-7/h2-3,6,14H,4H2,1H3. The van der Waals surface area contributed by atoms with E-state index in [0.717, 1.165) is 22.2 Å². The molecule has 0 spiro atoms. The number of aromatic nitrogens is 1. The lowest BCUT2D eigenvalue weighted by Crippen LogP contribution is -1.82. The minimum absolute atomic E-state index is 0.438. The highest BCUT2D eigenvalue weighted by atomic mass is 35.5. The second kappa shape index (κ2) is 3.36. The molecule has 2 nitrogen and oxygen atoms in total. The van der Waals surface area contributed by atoms with E-state index in [2.05, 4.69) is 11.1 Å². The lowest BCUT2D eigenvalue weighted by atomic mass is 10.1. The van der Waals surface area contributed by atoms with Crippen LogP contribution in [-0.2, 0) is 6.42 Å². The monoisotopic (exact) mass is 204 g/mol. The molecule has 0 aliphatic rings. The van der Waals surface area contributed by atoms with Crippen molar-refractivity contribution in [2.75, 3.05) is 0 Å². The number of halogens is 1. The van der Waals surface area contributed by atoms with E-state index in [4.69, 9.17) is 16.9 Å². The summed E-state index contributed by atoms with van der Waals surface area (Å²) in [4.78, 5) is 3.22. The number of nitrogens with zero attached hydrogens (tertiary/aromatic N) is 1. The van der Waals surface area contributed by atoms with E-state index in [9.17, 15) is 0 Å². The van der Waals surface area contributed by atoms with Crippen LogP contribution in [0.1, 0.15) is 11.3 Å². The summed E-state index contributed by atoms with van der Waals surface area (Å²) >= 11 is 5.87. The SMILES string of the molecule is Cc1[nH]c2cc(Cl)ccc2c1CC#N. The number of benzene rings is 1. The summed E-state index contributed by atoms with van der Waals surface area (Å²) in [5, 5.41) is 10.5. The Morgan fingerprint density at radius 1 is 1.50 bits per heavy atom. The normalized spacial score (nSPS) is 10.4. The third-order valence-electron chi connectivity index (χ3n) is 2.34. The molecule has 0 aliphatic heterocycles. The van der Waals surface area contributed by atoms with E-state index < -0.39 is 0 Å². The lowest BCUT2D eigenvalue weighted by molar-refractivity contribution is 1.19. The maximum atomic E-state index is 8.69. The summed E-state index contributed by atoms with van der Waals surface area (Å²) in [6, 6.07) is 7.84. The van der Waals surface area contributed by atoms with Crippen molar-refractivity contribution in [1.29, 1.82) is 5.26 Å². The number of H-pyrrole nitrogens is 1. The largest absolute Gasteiger partial charge is 0.358 e. The second-order valence-corrected chi connectivity index (χ2v) is 3.69. The molecule has 2 rings (SSSR count). The molecule has 0 saturated carbocycles. The van der Waals surface area contributed by atoms with Gasteiger partial charge in [0.2, 0.25) is 0 Å². The topological polar surface area (TPSA) is 39.6 Å². The van der Waals surface area contributed by atoms with Gasteiger partial charge in [0.1, 0.15) is 0 Å². The van der Waals surface area contributed by atoms with Gasteiger partial charge in [-0.15, -0.1) is 0 Å². The van der Waals surface area contributed by atoms with Crippen LogP contribution in [0.5, 0.6) is 0 Å². The first-order valence-corrected chi connectivity index (χ1v) is 4.74. The Hall–Kier alpha value is -1.46. The Morgan fingerprint density at radius 3 is 3.00 bits per heavy atom. The van der Waals surface area contributed by atoms with Crippen LogP contribution in [0.3, 0.4) is 0 Å². The molecular formula is C11H9ClN2. The van der Waals surface area contributed by atoms with Gasteiger partial charge in [0.15, 0.2) is 0 Å². The Balaban J connectivity index is 2.72. The molecule has 0 bridgehead atoms. The summed E-state index contributed by atoms with van der Waals surface area (Å²) in [6.07, 6.45) is 0.438. The number of hydrogen-bond donors (Lipinski definition) is 1. The van der Waals surface area contributed by atoms with Crippen LogP contribution in [0.15, 0.2) is 18.2 Å². The van der Waals surface area contributed by atoms with Gasteiger partial charge in [0.05, 0.1) is 12.5 Å². The maximum absolute atomic E-state index is 8.69. The third kappa shape index (κ3) is 1.36. The lowest BCUT2D eigenvalue weighted by Gasteiger charge is -1.93. The zero-order valence-electron chi connectivity index (χ0n) is 7.76. The first-order valence-electron chi connectivity index (χ1n) is 4.36. The summed E-state index contributed by atoms with van der Waals surface area (Å²) < 4.78 is 0. The summed E-state index contributed by atoms with van der Waals surface area (Å²) in [5.74, 6) is 0. The van der Waals surface area contributed by atoms with Crippen molar-refractivity contribution in [3.63, 3.8) is 0 Å². The van der Waals surface area contributed by atoms with Crippen molar-refractivity contribution < 1.29 is 0 Å². The fourth-order valence-electron chi connectivity index (χ4n) is 1.67. The van der Waals surface area contributed by atoms with Gasteiger partial charge in [-0.3, -0.25) is 0 Å². The smallest absolute Gasteiger partial charge is 0.0670 e. The fraction of sp³-hybridized carbons (Fsp3) is 0.182. The summed E-state index contributed by atoms with van der Waals surface area (Å²) in [7, 11) is 0. The minimum Gasteiger partial charge on any atom is -0.358 e. The Bertz CT molecular complexity index is 520. The third-order valence-corrected chi connectivity index (χ3v) is 2.57. The number of fused-ring (bicyclic) bond motifs is 1. The van der Waals surface area contributed by atoms with E-state index >= 15 is 0 Å². The number of hydrogen-bond acceptors (Lipinski definition) is 1. The highest BCUT2D eigenvalue weighted by molar-refractivity contribution is 6.31. The van der Waals surface area contributed by atoms with Crippen LogP contribution in [0.4, 0.5) is 0 Å². The highest BCUT2D eigenvalue weighted by Gasteiger charge is 2.07. The molecule has 0 aliphatic carbocycles. The average molecular weight is 205 g/mol. The van der Waals surface area contributed by atoms with E-state index in [1.165, 1.54) is 0 Å². The number of aryl methyl sites for hydroxylation is 1. The maximum Gasteiger partial charge on any atom is 0.0670 e. The van der Waals surface area contributed by atoms with E-state index in [0.29, 0.717) is 11.4 Å². The molecule has 0 fully saturated rings. The molecule has 1 N–H and O–H groups in total. The molecule has 0 unspecified atom stereocenters. The van der Waals surface area contributed by atoms with Gasteiger partial charge in [-0.2, -0.15) is 5.26 Å². The molecule has 0 radical (unpaired) electrons. The first-order chi connectivity index (χ1) is 6.72. The molecule has 1 aromatic heterocycles. The molecule has 0 saturated heterocycles. The van der Waals surface area contributed by atoms with Crippen molar-refractivity contribution >= 4 is 22.5 Å². The molecule has 0 amide bonds. The highest BCUT2D eigenvalue weighted by Crippen LogP contribution is 2.25. The van der Waals surface area contributed by atoms with Crippen molar-refractivity contribution in [3.8, 4) is 6.07 Å². The average Bonchev–Trinajstić information content (AvgIpc) is 2.43. The van der Waals surface area contributed by atoms with Crippen LogP contribution in [-0.4, -0.2) is 4.98 Å². The van der Waals surface area contributed by atoms with Crippen LogP contribution in [0.25, 0.3) is 10.9 Å². The van der Waals surface area contributed by atoms with Crippen molar-refractivity contribution in [1.82, 2.24) is 4.98 Å². The van der Waals surface area contributed by atoms with E-state index in [1.54, 1.807) is 0 Å².